The number of rotatable bonds is 4. The van der Waals surface area contributed by atoms with Crippen LogP contribution < -0.4 is 5.73 Å². The third-order valence-electron chi connectivity index (χ3n) is 1.38. The van der Waals surface area contributed by atoms with E-state index in [9.17, 15) is 4.79 Å². The molecule has 12 heavy (non-hydrogen) atoms. The van der Waals surface area contributed by atoms with E-state index in [1.807, 2.05) is 24.3 Å². The van der Waals surface area contributed by atoms with Crippen LogP contribution in [-0.4, -0.2) is 12.8 Å². The minimum atomic E-state index is 0.669. The van der Waals surface area contributed by atoms with Crippen molar-refractivity contribution in [2.75, 3.05) is 6.54 Å². The van der Waals surface area contributed by atoms with Gasteiger partial charge in [0.2, 0.25) is 0 Å². The standard InChI is InChI=1S/C9H11NOS/c10-6-2-1-3-8-4-5-9(7-11)12-8/h1,3-5,7H,2,6,10H2. The summed E-state index contributed by atoms with van der Waals surface area (Å²) < 4.78 is 0. The molecule has 0 fully saturated rings. The Hall–Kier alpha value is -0.930. The first-order valence-corrected chi connectivity index (χ1v) is 4.60. The molecule has 0 atom stereocenters. The highest BCUT2D eigenvalue weighted by Gasteiger charge is 1.93. The number of carbonyl (C=O) groups excluding carboxylic acids is 1. The first kappa shape index (κ1) is 9.16. The van der Waals surface area contributed by atoms with Crippen molar-refractivity contribution in [3.8, 4) is 0 Å². The summed E-state index contributed by atoms with van der Waals surface area (Å²) in [6, 6.07) is 3.75. The van der Waals surface area contributed by atoms with E-state index < -0.39 is 0 Å². The lowest BCUT2D eigenvalue weighted by Crippen LogP contribution is -1.94. The Morgan fingerprint density at radius 1 is 1.42 bits per heavy atom. The van der Waals surface area contributed by atoms with Crippen molar-refractivity contribution in [2.45, 2.75) is 6.42 Å². The van der Waals surface area contributed by atoms with Crippen LogP contribution in [0.5, 0.6) is 0 Å². The van der Waals surface area contributed by atoms with E-state index >= 15 is 0 Å². The van der Waals surface area contributed by atoms with Gasteiger partial charge in [-0.2, -0.15) is 0 Å². The molecule has 0 amide bonds. The van der Waals surface area contributed by atoms with Crippen LogP contribution >= 0.6 is 11.3 Å². The van der Waals surface area contributed by atoms with E-state index in [2.05, 4.69) is 0 Å². The largest absolute Gasteiger partial charge is 0.330 e. The van der Waals surface area contributed by atoms with Gasteiger partial charge in [0, 0.05) is 4.88 Å². The molecule has 2 nitrogen and oxygen atoms in total. The molecule has 0 aromatic carbocycles. The summed E-state index contributed by atoms with van der Waals surface area (Å²) in [6.45, 7) is 0.669. The Kier molecular flexibility index (Phi) is 3.70. The Balaban J connectivity index is 2.57. The smallest absolute Gasteiger partial charge is 0.160 e. The average molecular weight is 181 g/mol. The molecule has 1 aromatic rings. The SMILES string of the molecule is NCCC=Cc1ccc(C=O)s1. The van der Waals surface area contributed by atoms with Gasteiger partial charge in [-0.05, 0) is 31.2 Å². The molecule has 1 rings (SSSR count). The quantitative estimate of drug-likeness (QED) is 0.721. The van der Waals surface area contributed by atoms with Crippen LogP contribution in [0.3, 0.4) is 0 Å². The Morgan fingerprint density at radius 3 is 2.75 bits per heavy atom. The molecule has 0 bridgehead atoms. The summed E-state index contributed by atoms with van der Waals surface area (Å²) in [6.07, 6.45) is 5.75. The predicted molar refractivity (Wildman–Crippen MR) is 52.4 cm³/mol. The van der Waals surface area contributed by atoms with Gasteiger partial charge in [-0.3, -0.25) is 4.79 Å². The zero-order valence-electron chi connectivity index (χ0n) is 6.69. The first-order valence-electron chi connectivity index (χ1n) is 3.78. The zero-order valence-corrected chi connectivity index (χ0v) is 7.51. The summed E-state index contributed by atoms with van der Waals surface area (Å²) in [5.74, 6) is 0. The Bertz CT molecular complexity index is 278. The van der Waals surface area contributed by atoms with Crippen molar-refractivity contribution in [3.05, 3.63) is 28.0 Å². The number of hydrogen-bond acceptors (Lipinski definition) is 3. The summed E-state index contributed by atoms with van der Waals surface area (Å²) in [5.41, 5.74) is 5.32. The normalized spacial score (nSPS) is 10.8. The van der Waals surface area contributed by atoms with Gasteiger partial charge in [0.1, 0.15) is 0 Å². The topological polar surface area (TPSA) is 43.1 Å². The summed E-state index contributed by atoms with van der Waals surface area (Å²) >= 11 is 1.49. The highest BCUT2D eigenvalue weighted by atomic mass is 32.1. The van der Waals surface area contributed by atoms with Crippen LogP contribution in [-0.2, 0) is 0 Å². The van der Waals surface area contributed by atoms with Crippen molar-refractivity contribution in [3.63, 3.8) is 0 Å². The van der Waals surface area contributed by atoms with Crippen molar-refractivity contribution in [2.24, 2.45) is 5.73 Å². The molecule has 2 N–H and O–H groups in total. The molecular formula is C9H11NOS. The molecule has 0 saturated carbocycles. The molecule has 64 valence electrons. The molecule has 3 heteroatoms. The fourth-order valence-electron chi connectivity index (χ4n) is 0.817. The van der Waals surface area contributed by atoms with Crippen LogP contribution in [0.1, 0.15) is 21.0 Å². The second-order valence-corrected chi connectivity index (χ2v) is 3.48. The number of carbonyl (C=O) groups is 1. The number of thiophene rings is 1. The highest BCUT2D eigenvalue weighted by molar-refractivity contribution is 7.14. The minimum Gasteiger partial charge on any atom is -0.330 e. The van der Waals surface area contributed by atoms with Crippen LogP contribution in [0.4, 0.5) is 0 Å². The van der Waals surface area contributed by atoms with Gasteiger partial charge in [-0.1, -0.05) is 6.08 Å². The average Bonchev–Trinajstić information content (AvgIpc) is 2.53. The predicted octanol–water partition coefficient (Wildman–Crippen LogP) is 1.92. The second kappa shape index (κ2) is 4.85. The van der Waals surface area contributed by atoms with Crippen LogP contribution in [0.2, 0.25) is 0 Å². The maximum atomic E-state index is 10.3. The number of aldehydes is 1. The van der Waals surface area contributed by atoms with Gasteiger partial charge in [0.15, 0.2) is 6.29 Å². The van der Waals surface area contributed by atoms with Crippen molar-refractivity contribution >= 4 is 23.7 Å². The Labute approximate surface area is 75.7 Å². The van der Waals surface area contributed by atoms with E-state index in [-0.39, 0.29) is 0 Å². The summed E-state index contributed by atoms with van der Waals surface area (Å²) in [4.78, 5) is 12.2. The first-order chi connectivity index (χ1) is 5.86. The molecule has 1 aromatic heterocycles. The summed E-state index contributed by atoms with van der Waals surface area (Å²) in [7, 11) is 0. The monoisotopic (exact) mass is 181 g/mol. The van der Waals surface area contributed by atoms with E-state index in [1.54, 1.807) is 0 Å². The van der Waals surface area contributed by atoms with Gasteiger partial charge in [-0.15, -0.1) is 11.3 Å². The third-order valence-corrected chi connectivity index (χ3v) is 2.36. The van der Waals surface area contributed by atoms with Gasteiger partial charge >= 0.3 is 0 Å². The van der Waals surface area contributed by atoms with Gasteiger partial charge in [0.25, 0.3) is 0 Å². The zero-order chi connectivity index (χ0) is 8.81. The minimum absolute atomic E-state index is 0.669. The lowest BCUT2D eigenvalue weighted by molar-refractivity contribution is 0.112. The fraction of sp³-hybridized carbons (Fsp3) is 0.222. The van der Waals surface area contributed by atoms with Crippen molar-refractivity contribution in [1.29, 1.82) is 0 Å². The molecule has 0 aliphatic heterocycles. The van der Waals surface area contributed by atoms with Crippen LogP contribution in [0.25, 0.3) is 6.08 Å². The van der Waals surface area contributed by atoms with Gasteiger partial charge in [-0.25, -0.2) is 0 Å². The number of hydrogen-bond donors (Lipinski definition) is 1. The molecular weight excluding hydrogens is 170 g/mol. The van der Waals surface area contributed by atoms with Crippen molar-refractivity contribution in [1.82, 2.24) is 0 Å². The fourth-order valence-corrected chi connectivity index (χ4v) is 1.57. The van der Waals surface area contributed by atoms with Gasteiger partial charge in [0.05, 0.1) is 4.88 Å². The van der Waals surface area contributed by atoms with E-state index in [0.29, 0.717) is 6.54 Å². The lowest BCUT2D eigenvalue weighted by Gasteiger charge is -1.83. The van der Waals surface area contributed by atoms with Crippen LogP contribution in [0, 0.1) is 0 Å². The molecule has 0 spiro atoms. The maximum absolute atomic E-state index is 10.3. The summed E-state index contributed by atoms with van der Waals surface area (Å²) in [5, 5.41) is 0. The van der Waals surface area contributed by atoms with Crippen molar-refractivity contribution < 1.29 is 4.79 Å². The van der Waals surface area contributed by atoms with E-state index in [4.69, 9.17) is 5.73 Å². The lowest BCUT2D eigenvalue weighted by atomic mass is 10.3. The second-order valence-electron chi connectivity index (χ2n) is 2.34. The molecule has 0 aliphatic carbocycles. The molecule has 0 unspecified atom stereocenters. The Morgan fingerprint density at radius 2 is 2.17 bits per heavy atom. The van der Waals surface area contributed by atoms with Gasteiger partial charge < -0.3 is 5.73 Å². The highest BCUT2D eigenvalue weighted by Crippen LogP contribution is 2.15. The molecule has 0 radical (unpaired) electrons. The van der Waals surface area contributed by atoms with E-state index in [1.165, 1.54) is 11.3 Å². The molecule has 0 aliphatic rings. The molecule has 0 saturated heterocycles. The molecule has 1 heterocycles. The maximum Gasteiger partial charge on any atom is 0.160 e. The third kappa shape index (κ3) is 2.60. The van der Waals surface area contributed by atoms with E-state index in [0.717, 1.165) is 22.5 Å². The van der Waals surface area contributed by atoms with Crippen LogP contribution in [0.15, 0.2) is 18.2 Å². The number of nitrogens with two attached hydrogens (primary N) is 1.